The Labute approximate surface area is 195 Å². The fraction of sp³-hybridized carbons (Fsp3) is 0.519. The normalized spacial score (nSPS) is 25.5. The highest BCUT2D eigenvalue weighted by Crippen LogP contribution is 2.53. The molecule has 3 atom stereocenters. The van der Waals surface area contributed by atoms with E-state index in [9.17, 15) is 9.90 Å². The number of ether oxygens (including phenoxy) is 1. The average molecular weight is 487 g/mol. The van der Waals surface area contributed by atoms with E-state index in [0.717, 1.165) is 56.3 Å². The summed E-state index contributed by atoms with van der Waals surface area (Å²) < 4.78 is 6.00. The molecule has 31 heavy (non-hydrogen) atoms. The summed E-state index contributed by atoms with van der Waals surface area (Å²) in [5.41, 5.74) is 5.61. The van der Waals surface area contributed by atoms with Crippen LogP contribution < -0.4 is 4.74 Å². The largest absolute Gasteiger partial charge is 0.478 e. The van der Waals surface area contributed by atoms with Crippen LogP contribution in [-0.2, 0) is 6.42 Å². The summed E-state index contributed by atoms with van der Waals surface area (Å²) in [6, 6.07) is 5.22. The SMILES string of the molecule is CC(C)=CCC/C(C)=C/CC[C@@]1(C)[C@@H]2Cc3cc(C(=O)O)ccc3OC=C2CC[C@@H]1Br. The van der Waals surface area contributed by atoms with Crippen LogP contribution in [0, 0.1) is 11.3 Å². The van der Waals surface area contributed by atoms with Crippen LogP contribution in [0.1, 0.15) is 82.1 Å². The van der Waals surface area contributed by atoms with Gasteiger partial charge in [0.1, 0.15) is 5.75 Å². The van der Waals surface area contributed by atoms with Gasteiger partial charge in [-0.25, -0.2) is 4.79 Å². The van der Waals surface area contributed by atoms with E-state index in [0.29, 0.717) is 16.3 Å². The Kier molecular flexibility index (Phi) is 7.85. The van der Waals surface area contributed by atoms with Crippen LogP contribution in [0.3, 0.4) is 0 Å². The number of rotatable bonds is 7. The molecule has 2 aliphatic rings. The van der Waals surface area contributed by atoms with Gasteiger partial charge in [0.05, 0.1) is 11.8 Å². The second kappa shape index (κ2) is 10.2. The molecule has 4 heteroatoms. The predicted octanol–water partition coefficient (Wildman–Crippen LogP) is 7.86. The van der Waals surface area contributed by atoms with Crippen molar-refractivity contribution in [3.63, 3.8) is 0 Å². The summed E-state index contributed by atoms with van der Waals surface area (Å²) in [7, 11) is 0. The maximum absolute atomic E-state index is 11.5. The fourth-order valence-corrected chi connectivity index (χ4v) is 5.72. The van der Waals surface area contributed by atoms with Gasteiger partial charge in [-0.1, -0.05) is 46.2 Å². The molecular weight excluding hydrogens is 452 g/mol. The minimum atomic E-state index is -0.890. The van der Waals surface area contributed by atoms with Gasteiger partial charge in [0.2, 0.25) is 0 Å². The quantitative estimate of drug-likeness (QED) is 0.315. The zero-order chi connectivity index (χ0) is 22.6. The van der Waals surface area contributed by atoms with Gasteiger partial charge in [-0.05, 0) is 106 Å². The monoisotopic (exact) mass is 486 g/mol. The van der Waals surface area contributed by atoms with Crippen molar-refractivity contribution in [2.75, 3.05) is 0 Å². The van der Waals surface area contributed by atoms with E-state index in [4.69, 9.17) is 4.74 Å². The number of hydrogen-bond donors (Lipinski definition) is 1. The Bertz CT molecular complexity index is 907. The minimum Gasteiger partial charge on any atom is -0.478 e. The summed E-state index contributed by atoms with van der Waals surface area (Å²) in [5.74, 6) is 0.240. The maximum Gasteiger partial charge on any atom is 0.335 e. The standard InChI is InChI=1S/C27H35BrO3/c1-18(2)7-5-8-19(3)9-6-14-27(4)23-16-22-15-20(26(29)30)10-12-24(22)31-17-21(23)11-13-25(27)28/h7,9-10,12,15,17,23,25H,5-6,8,11,13-14,16H2,1-4H3,(H,29,30)/b19-9+/t23-,25+,27+/m1/s1. The van der Waals surface area contributed by atoms with E-state index < -0.39 is 5.97 Å². The summed E-state index contributed by atoms with van der Waals surface area (Å²) in [5, 5.41) is 9.42. The molecule has 1 saturated carbocycles. The van der Waals surface area contributed by atoms with E-state index in [-0.39, 0.29) is 5.41 Å². The van der Waals surface area contributed by atoms with E-state index in [1.54, 1.807) is 18.2 Å². The topological polar surface area (TPSA) is 46.5 Å². The van der Waals surface area contributed by atoms with Crippen molar-refractivity contribution in [3.05, 3.63) is 64.5 Å². The average Bonchev–Trinajstić information content (AvgIpc) is 2.90. The number of hydrogen-bond acceptors (Lipinski definition) is 2. The van der Waals surface area contributed by atoms with Crippen LogP contribution in [0.4, 0.5) is 0 Å². The molecule has 3 rings (SSSR count). The minimum absolute atomic E-state index is 0.0883. The molecule has 0 bridgehead atoms. The van der Waals surface area contributed by atoms with Crippen molar-refractivity contribution in [1.29, 1.82) is 0 Å². The molecule has 168 valence electrons. The van der Waals surface area contributed by atoms with Crippen LogP contribution in [0.5, 0.6) is 5.75 Å². The first-order valence-electron chi connectivity index (χ1n) is 11.4. The Morgan fingerprint density at radius 2 is 2.03 bits per heavy atom. The predicted molar refractivity (Wildman–Crippen MR) is 131 cm³/mol. The number of aromatic carboxylic acids is 1. The van der Waals surface area contributed by atoms with Crippen LogP contribution in [-0.4, -0.2) is 15.9 Å². The van der Waals surface area contributed by atoms with Gasteiger partial charge < -0.3 is 9.84 Å². The maximum atomic E-state index is 11.5. The number of alkyl halides is 1. The highest BCUT2D eigenvalue weighted by Gasteiger charge is 2.45. The smallest absolute Gasteiger partial charge is 0.335 e. The number of fused-ring (bicyclic) bond motifs is 2. The number of benzene rings is 1. The van der Waals surface area contributed by atoms with E-state index in [1.165, 1.54) is 16.7 Å². The van der Waals surface area contributed by atoms with E-state index in [1.807, 2.05) is 6.26 Å². The van der Waals surface area contributed by atoms with Gasteiger partial charge in [0.15, 0.2) is 0 Å². The summed E-state index contributed by atoms with van der Waals surface area (Å²) >= 11 is 4.01. The van der Waals surface area contributed by atoms with Crippen LogP contribution in [0.2, 0.25) is 0 Å². The third kappa shape index (κ3) is 5.71. The Morgan fingerprint density at radius 3 is 2.74 bits per heavy atom. The van der Waals surface area contributed by atoms with Gasteiger partial charge >= 0.3 is 5.97 Å². The molecule has 1 aromatic carbocycles. The molecule has 3 nitrogen and oxygen atoms in total. The Balaban J connectivity index is 1.78. The number of halogens is 1. The zero-order valence-corrected chi connectivity index (χ0v) is 20.8. The number of allylic oxidation sites excluding steroid dienone is 5. The zero-order valence-electron chi connectivity index (χ0n) is 19.2. The molecule has 0 saturated heterocycles. The molecule has 0 spiro atoms. The first-order chi connectivity index (χ1) is 14.7. The summed E-state index contributed by atoms with van der Waals surface area (Å²) in [4.78, 5) is 11.9. The number of carboxylic acids is 1. The lowest BCUT2D eigenvalue weighted by Gasteiger charge is -2.46. The van der Waals surface area contributed by atoms with Gasteiger partial charge in [0.25, 0.3) is 0 Å². The molecule has 0 unspecified atom stereocenters. The molecule has 0 radical (unpaired) electrons. The molecule has 1 N–H and O–H groups in total. The highest BCUT2D eigenvalue weighted by atomic mass is 79.9. The van der Waals surface area contributed by atoms with Crippen LogP contribution in [0.25, 0.3) is 0 Å². The van der Waals surface area contributed by atoms with Crippen molar-refractivity contribution in [2.45, 2.75) is 77.5 Å². The number of carboxylic acid groups (broad SMARTS) is 1. The van der Waals surface area contributed by atoms with Gasteiger partial charge in [-0.2, -0.15) is 0 Å². The van der Waals surface area contributed by atoms with Crippen molar-refractivity contribution < 1.29 is 14.6 Å². The molecule has 1 aliphatic carbocycles. The third-order valence-corrected chi connectivity index (χ3v) is 8.49. The molecule has 1 aliphatic heterocycles. The van der Waals surface area contributed by atoms with E-state index in [2.05, 4.69) is 55.8 Å². The molecule has 0 amide bonds. The molecule has 1 fully saturated rings. The molecular formula is C27H35BrO3. The highest BCUT2D eigenvalue weighted by molar-refractivity contribution is 9.09. The van der Waals surface area contributed by atoms with Crippen molar-refractivity contribution in [2.24, 2.45) is 11.3 Å². The molecule has 1 heterocycles. The van der Waals surface area contributed by atoms with Gasteiger partial charge in [0, 0.05) is 4.83 Å². The second-order valence-electron chi connectivity index (χ2n) is 9.62. The van der Waals surface area contributed by atoms with Crippen molar-refractivity contribution >= 4 is 21.9 Å². The van der Waals surface area contributed by atoms with E-state index >= 15 is 0 Å². The van der Waals surface area contributed by atoms with Crippen LogP contribution >= 0.6 is 15.9 Å². The van der Waals surface area contributed by atoms with Gasteiger partial charge in [-0.15, -0.1) is 0 Å². The summed E-state index contributed by atoms with van der Waals surface area (Å²) in [6.45, 7) is 8.93. The summed E-state index contributed by atoms with van der Waals surface area (Å²) in [6.07, 6.45) is 14.0. The number of carbonyl (C=O) groups is 1. The lowest BCUT2D eigenvalue weighted by molar-refractivity contribution is 0.0696. The lowest BCUT2D eigenvalue weighted by atomic mass is 9.61. The van der Waals surface area contributed by atoms with Crippen LogP contribution in [0.15, 0.2) is 53.3 Å². The van der Waals surface area contributed by atoms with Crippen molar-refractivity contribution in [1.82, 2.24) is 0 Å². The molecule has 1 aromatic rings. The fourth-order valence-electron chi connectivity index (χ4n) is 4.94. The van der Waals surface area contributed by atoms with Gasteiger partial charge in [-0.3, -0.25) is 0 Å². The Hall–Kier alpha value is -1.81. The third-order valence-electron chi connectivity index (χ3n) is 6.98. The molecule has 0 aromatic heterocycles. The Morgan fingerprint density at radius 1 is 1.26 bits per heavy atom. The lowest BCUT2D eigenvalue weighted by Crippen LogP contribution is -2.41. The first-order valence-corrected chi connectivity index (χ1v) is 12.3. The van der Waals surface area contributed by atoms with Crippen molar-refractivity contribution in [3.8, 4) is 5.75 Å². The first kappa shape index (κ1) is 23.8. The second-order valence-corrected chi connectivity index (χ2v) is 10.7.